The number of nitrogens with one attached hydrogen (secondary N) is 1. The lowest BCUT2D eigenvalue weighted by atomic mass is 9.87. The van der Waals surface area contributed by atoms with Gasteiger partial charge in [-0.25, -0.2) is 0 Å². The number of unbranched alkanes of at least 4 members (excludes halogenated alkanes) is 1. The molecule has 1 saturated heterocycles. The summed E-state index contributed by atoms with van der Waals surface area (Å²) in [5.74, 6) is 1.55. The molecule has 3 heterocycles. The Kier molecular flexibility index (Phi) is 5.95. The molecule has 1 N–H and O–H groups in total. The van der Waals surface area contributed by atoms with Gasteiger partial charge in [-0.3, -0.25) is 9.48 Å². The van der Waals surface area contributed by atoms with Crippen LogP contribution in [0.5, 0.6) is 5.75 Å². The fourth-order valence-corrected chi connectivity index (χ4v) is 4.32. The summed E-state index contributed by atoms with van der Waals surface area (Å²) in [7, 11) is 1.88. The van der Waals surface area contributed by atoms with Gasteiger partial charge in [-0.1, -0.05) is 24.6 Å². The molecule has 2 aliphatic rings. The van der Waals surface area contributed by atoms with E-state index >= 15 is 0 Å². The molecule has 1 amide bonds. The van der Waals surface area contributed by atoms with Crippen molar-refractivity contribution in [3.05, 3.63) is 41.6 Å². The molecular formula is C22H30N4O2. The molecule has 4 rings (SSSR count). The Bertz CT molecular complexity index is 811. The summed E-state index contributed by atoms with van der Waals surface area (Å²) in [5.41, 5.74) is 2.13. The molecule has 1 aromatic heterocycles. The van der Waals surface area contributed by atoms with E-state index in [4.69, 9.17) is 4.74 Å². The number of hydrogen-bond acceptors (Lipinski definition) is 4. The molecular weight excluding hydrogens is 352 g/mol. The molecule has 0 bridgehead atoms. The summed E-state index contributed by atoms with van der Waals surface area (Å²) in [6.07, 6.45) is 8.70. The molecule has 6 heteroatoms. The van der Waals surface area contributed by atoms with Gasteiger partial charge < -0.3 is 15.0 Å². The van der Waals surface area contributed by atoms with Crippen molar-refractivity contribution in [3.63, 3.8) is 0 Å². The summed E-state index contributed by atoms with van der Waals surface area (Å²) in [4.78, 5) is 14.7. The van der Waals surface area contributed by atoms with E-state index in [0.29, 0.717) is 18.8 Å². The van der Waals surface area contributed by atoms with Gasteiger partial charge in [0.15, 0.2) is 5.82 Å². The number of piperidine rings is 1. The number of carbonyl (C=O) groups is 1. The maximum absolute atomic E-state index is 12.2. The second-order valence-electron chi connectivity index (χ2n) is 7.91. The van der Waals surface area contributed by atoms with Crippen LogP contribution in [0.2, 0.25) is 0 Å². The predicted octanol–water partition coefficient (Wildman–Crippen LogP) is 3.54. The molecule has 1 atom stereocenters. The zero-order chi connectivity index (χ0) is 19.3. The van der Waals surface area contributed by atoms with Gasteiger partial charge in [0.2, 0.25) is 5.91 Å². The highest BCUT2D eigenvalue weighted by atomic mass is 16.5. The molecule has 1 aromatic carbocycles. The lowest BCUT2D eigenvalue weighted by Gasteiger charge is -2.26. The van der Waals surface area contributed by atoms with Crippen molar-refractivity contribution in [1.82, 2.24) is 14.7 Å². The van der Waals surface area contributed by atoms with Crippen LogP contribution >= 0.6 is 0 Å². The number of anilines is 1. The lowest BCUT2D eigenvalue weighted by molar-refractivity contribution is -0.116. The monoisotopic (exact) mass is 382 g/mol. The van der Waals surface area contributed by atoms with Crippen LogP contribution in [-0.2, 0) is 11.8 Å². The molecule has 0 radical (unpaired) electrons. The van der Waals surface area contributed by atoms with Crippen LogP contribution in [0, 0.1) is 0 Å². The summed E-state index contributed by atoms with van der Waals surface area (Å²) < 4.78 is 7.92. The van der Waals surface area contributed by atoms with Crippen molar-refractivity contribution in [2.45, 2.75) is 44.4 Å². The fraction of sp³-hybridized carbons (Fsp3) is 0.545. The highest BCUT2D eigenvalue weighted by molar-refractivity contribution is 5.94. The molecule has 0 saturated carbocycles. The number of para-hydroxylation sites is 1. The third-order valence-corrected chi connectivity index (χ3v) is 5.75. The quantitative estimate of drug-likeness (QED) is 0.744. The van der Waals surface area contributed by atoms with Crippen LogP contribution in [0.1, 0.15) is 55.6 Å². The molecule has 1 unspecified atom stereocenters. The van der Waals surface area contributed by atoms with Crippen LogP contribution < -0.4 is 10.1 Å². The number of benzene rings is 1. The van der Waals surface area contributed by atoms with E-state index in [0.717, 1.165) is 23.3 Å². The van der Waals surface area contributed by atoms with Crippen LogP contribution in [0.3, 0.4) is 0 Å². The van der Waals surface area contributed by atoms with Gasteiger partial charge >= 0.3 is 0 Å². The Balaban J connectivity index is 1.38. The number of carbonyl (C=O) groups excluding carboxylic acids is 1. The van der Waals surface area contributed by atoms with Crippen molar-refractivity contribution in [1.29, 1.82) is 0 Å². The number of amides is 1. The number of fused-ring (bicyclic) bond motifs is 1. The summed E-state index contributed by atoms with van der Waals surface area (Å²) >= 11 is 0. The van der Waals surface area contributed by atoms with Crippen molar-refractivity contribution in [2.24, 2.45) is 7.05 Å². The molecule has 2 aromatic rings. The van der Waals surface area contributed by atoms with Gasteiger partial charge in [0.25, 0.3) is 0 Å². The Labute approximate surface area is 166 Å². The third-order valence-electron chi connectivity index (χ3n) is 5.75. The van der Waals surface area contributed by atoms with Crippen LogP contribution in [-0.4, -0.2) is 46.8 Å². The Morgan fingerprint density at radius 1 is 1.14 bits per heavy atom. The highest BCUT2D eigenvalue weighted by Crippen LogP contribution is 2.40. The molecule has 2 aliphatic heterocycles. The number of likely N-dealkylation sites (tertiary alicyclic amines) is 1. The smallest absolute Gasteiger partial charge is 0.226 e. The zero-order valence-electron chi connectivity index (χ0n) is 16.7. The average Bonchev–Trinajstić information content (AvgIpc) is 3.08. The van der Waals surface area contributed by atoms with Gasteiger partial charge in [-0.05, 0) is 51.4 Å². The first kappa shape index (κ1) is 19.0. The molecule has 1 fully saturated rings. The lowest BCUT2D eigenvalue weighted by Crippen LogP contribution is -2.30. The second kappa shape index (κ2) is 8.78. The highest BCUT2D eigenvalue weighted by Gasteiger charge is 2.30. The number of aryl methyl sites for hydroxylation is 1. The molecule has 0 aliphatic carbocycles. The van der Waals surface area contributed by atoms with Crippen molar-refractivity contribution in [2.75, 3.05) is 31.6 Å². The first-order valence-corrected chi connectivity index (χ1v) is 10.5. The van der Waals surface area contributed by atoms with Gasteiger partial charge in [0, 0.05) is 36.7 Å². The summed E-state index contributed by atoms with van der Waals surface area (Å²) in [5, 5.41) is 7.25. The van der Waals surface area contributed by atoms with E-state index < -0.39 is 0 Å². The Hall–Kier alpha value is -2.34. The summed E-state index contributed by atoms with van der Waals surface area (Å²) in [6, 6.07) is 8.10. The topological polar surface area (TPSA) is 59.4 Å². The number of nitrogens with zero attached hydrogens (tertiary/aromatic N) is 3. The van der Waals surface area contributed by atoms with E-state index in [9.17, 15) is 4.79 Å². The predicted molar refractivity (Wildman–Crippen MR) is 110 cm³/mol. The zero-order valence-corrected chi connectivity index (χ0v) is 16.7. The van der Waals surface area contributed by atoms with Crippen LogP contribution in [0.15, 0.2) is 30.5 Å². The second-order valence-corrected chi connectivity index (χ2v) is 7.91. The van der Waals surface area contributed by atoms with Gasteiger partial charge in [0.1, 0.15) is 5.75 Å². The minimum Gasteiger partial charge on any atom is -0.493 e. The maximum Gasteiger partial charge on any atom is 0.226 e. The van der Waals surface area contributed by atoms with Crippen LogP contribution in [0.25, 0.3) is 0 Å². The number of rotatable bonds is 7. The Morgan fingerprint density at radius 3 is 2.82 bits per heavy atom. The van der Waals surface area contributed by atoms with Crippen molar-refractivity contribution in [3.8, 4) is 5.75 Å². The standard InChI is InChI=1S/C22H30N4O2/c1-25-16-19-18(15-21(27)23-22(19)24-25)17-9-3-4-10-20(17)28-14-8-7-13-26-11-5-2-6-12-26/h3-4,9-10,16,18H,2,5-8,11-15H2,1H3,(H,23,24,27). The number of hydrogen-bond donors (Lipinski definition) is 1. The SMILES string of the molecule is Cn1cc2c(n1)NC(=O)CC2c1ccccc1OCCCCN1CCCCC1. The first-order chi connectivity index (χ1) is 13.7. The fourth-order valence-electron chi connectivity index (χ4n) is 4.32. The normalized spacial score (nSPS) is 19.9. The van der Waals surface area contributed by atoms with E-state index in [-0.39, 0.29) is 11.8 Å². The van der Waals surface area contributed by atoms with Gasteiger partial charge in [-0.2, -0.15) is 5.10 Å². The minimum absolute atomic E-state index is 0.00698. The molecule has 0 spiro atoms. The Morgan fingerprint density at radius 2 is 1.96 bits per heavy atom. The van der Waals surface area contributed by atoms with E-state index in [1.807, 2.05) is 31.4 Å². The van der Waals surface area contributed by atoms with Crippen LogP contribution in [0.4, 0.5) is 5.82 Å². The van der Waals surface area contributed by atoms with Gasteiger partial charge in [-0.15, -0.1) is 0 Å². The first-order valence-electron chi connectivity index (χ1n) is 10.5. The van der Waals surface area contributed by atoms with Crippen molar-refractivity contribution < 1.29 is 9.53 Å². The molecule has 150 valence electrons. The maximum atomic E-state index is 12.2. The van der Waals surface area contributed by atoms with Gasteiger partial charge in [0.05, 0.1) is 6.61 Å². The number of ether oxygens (including phenoxy) is 1. The average molecular weight is 383 g/mol. The minimum atomic E-state index is -0.0120. The molecule has 28 heavy (non-hydrogen) atoms. The largest absolute Gasteiger partial charge is 0.493 e. The van der Waals surface area contributed by atoms with Crippen molar-refractivity contribution >= 4 is 11.7 Å². The molecule has 6 nitrogen and oxygen atoms in total. The third kappa shape index (κ3) is 4.38. The van der Waals surface area contributed by atoms with E-state index in [2.05, 4.69) is 21.4 Å². The number of aromatic nitrogens is 2. The van der Waals surface area contributed by atoms with E-state index in [1.54, 1.807) is 4.68 Å². The summed E-state index contributed by atoms with van der Waals surface area (Å²) in [6.45, 7) is 4.39. The van der Waals surface area contributed by atoms with E-state index in [1.165, 1.54) is 45.3 Å².